The third-order valence-electron chi connectivity index (χ3n) is 3.71. The zero-order chi connectivity index (χ0) is 18.0. The number of aromatic nitrogens is 2. The molecule has 0 aliphatic heterocycles. The number of hydrogen-bond acceptors (Lipinski definition) is 4. The van der Waals surface area contributed by atoms with Crippen LogP contribution in [0, 0.1) is 0 Å². The van der Waals surface area contributed by atoms with E-state index >= 15 is 0 Å². The van der Waals surface area contributed by atoms with Gasteiger partial charge in [-0.25, -0.2) is 4.79 Å². The van der Waals surface area contributed by atoms with Crippen LogP contribution in [0.25, 0.3) is 10.9 Å². The first-order valence-electron chi connectivity index (χ1n) is 7.40. The molecular weight excluding hydrogens is 334 g/mol. The third kappa shape index (κ3) is 3.58. The van der Waals surface area contributed by atoms with Crippen LogP contribution in [0.3, 0.4) is 0 Å². The Morgan fingerprint density at radius 1 is 1.12 bits per heavy atom. The number of nitrogens with zero attached hydrogens (tertiary/aromatic N) is 1. The summed E-state index contributed by atoms with van der Waals surface area (Å²) in [6, 6.07) is 12.0. The molecule has 0 aliphatic rings. The monoisotopic (exact) mass is 348 g/mol. The molecule has 2 N–H and O–H groups in total. The Hall–Kier alpha value is -3.00. The molecule has 0 saturated carbocycles. The fourth-order valence-corrected chi connectivity index (χ4v) is 2.54. The van der Waals surface area contributed by atoms with Gasteiger partial charge >= 0.3 is 12.3 Å². The van der Waals surface area contributed by atoms with Crippen LogP contribution in [-0.4, -0.2) is 21.3 Å². The van der Waals surface area contributed by atoms with Gasteiger partial charge in [0, 0.05) is 0 Å². The number of rotatable bonds is 5. The summed E-state index contributed by atoms with van der Waals surface area (Å²) in [6.07, 6.45) is -1.25. The summed E-state index contributed by atoms with van der Waals surface area (Å²) in [5.74, 6) is -0.119. The second-order valence-corrected chi connectivity index (χ2v) is 5.36. The number of ether oxygens (including phenoxy) is 1. The maximum atomic E-state index is 12.4. The van der Waals surface area contributed by atoms with E-state index in [2.05, 4.69) is 9.72 Å². The fraction of sp³-hybridized carbons (Fsp3) is 0.176. The van der Waals surface area contributed by atoms with E-state index in [1.807, 2.05) is 0 Å². The molecule has 0 aliphatic carbocycles. The van der Waals surface area contributed by atoms with Crippen molar-refractivity contribution >= 4 is 10.9 Å². The minimum absolute atomic E-state index is 0.119. The summed E-state index contributed by atoms with van der Waals surface area (Å²) in [6.45, 7) is -3.31. The van der Waals surface area contributed by atoms with Crippen molar-refractivity contribution in [1.82, 2.24) is 9.55 Å². The topological polar surface area (TPSA) is 84.3 Å². The molecule has 1 atom stereocenters. The van der Waals surface area contributed by atoms with Crippen molar-refractivity contribution in [3.8, 4) is 5.75 Å². The van der Waals surface area contributed by atoms with Crippen molar-refractivity contribution in [2.45, 2.75) is 19.3 Å². The van der Waals surface area contributed by atoms with Gasteiger partial charge in [-0.1, -0.05) is 24.3 Å². The Balaban J connectivity index is 1.94. The molecule has 3 rings (SSSR count). The van der Waals surface area contributed by atoms with Gasteiger partial charge in [-0.3, -0.25) is 9.36 Å². The number of hydrogen-bond donors (Lipinski definition) is 2. The molecule has 0 spiro atoms. The van der Waals surface area contributed by atoms with Gasteiger partial charge in [0.1, 0.15) is 5.75 Å². The summed E-state index contributed by atoms with van der Waals surface area (Å²) in [4.78, 5) is 27.1. The molecule has 8 heteroatoms. The van der Waals surface area contributed by atoms with Gasteiger partial charge in [0.25, 0.3) is 5.56 Å². The SMILES string of the molecule is O=c1[nH]c2ccccc2c(=O)n1CC(O)c1cccc(OC(F)F)c1. The highest BCUT2D eigenvalue weighted by molar-refractivity contribution is 5.76. The summed E-state index contributed by atoms with van der Waals surface area (Å²) < 4.78 is 29.7. The maximum Gasteiger partial charge on any atom is 0.387 e. The number of aliphatic hydroxyl groups is 1. The van der Waals surface area contributed by atoms with E-state index < -0.39 is 24.0 Å². The number of nitrogens with one attached hydrogen (secondary N) is 1. The van der Waals surface area contributed by atoms with Crippen LogP contribution in [0.2, 0.25) is 0 Å². The van der Waals surface area contributed by atoms with Crippen LogP contribution < -0.4 is 16.0 Å². The normalized spacial score (nSPS) is 12.5. The molecule has 1 unspecified atom stereocenters. The van der Waals surface area contributed by atoms with Gasteiger partial charge in [-0.05, 0) is 29.8 Å². The van der Waals surface area contributed by atoms with Gasteiger partial charge in [0.2, 0.25) is 0 Å². The second kappa shape index (κ2) is 6.86. The van der Waals surface area contributed by atoms with Gasteiger partial charge in [0.15, 0.2) is 0 Å². The zero-order valence-electron chi connectivity index (χ0n) is 12.9. The van der Waals surface area contributed by atoms with Crippen LogP contribution in [0.4, 0.5) is 8.78 Å². The second-order valence-electron chi connectivity index (χ2n) is 5.36. The summed E-state index contributed by atoms with van der Waals surface area (Å²) >= 11 is 0. The Kier molecular flexibility index (Phi) is 4.62. The van der Waals surface area contributed by atoms with Crippen molar-refractivity contribution in [2.24, 2.45) is 0 Å². The van der Waals surface area contributed by atoms with Crippen molar-refractivity contribution < 1.29 is 18.6 Å². The molecule has 0 saturated heterocycles. The molecule has 0 fully saturated rings. The molecule has 1 heterocycles. The standard InChI is InChI=1S/C17H14F2N2O4/c18-16(19)25-11-5-3-4-10(8-11)14(22)9-21-15(23)12-6-1-2-7-13(12)20-17(21)24/h1-8,14,16,22H,9H2,(H,20,24). The van der Waals surface area contributed by atoms with Crippen LogP contribution in [0.15, 0.2) is 58.1 Å². The van der Waals surface area contributed by atoms with Crippen LogP contribution in [-0.2, 0) is 6.54 Å². The summed E-state index contributed by atoms with van der Waals surface area (Å²) in [5.41, 5.74) is -0.561. The highest BCUT2D eigenvalue weighted by atomic mass is 19.3. The number of H-pyrrole nitrogens is 1. The molecule has 2 aromatic carbocycles. The van der Waals surface area contributed by atoms with E-state index in [4.69, 9.17) is 0 Å². The fourth-order valence-electron chi connectivity index (χ4n) is 2.54. The highest BCUT2D eigenvalue weighted by Gasteiger charge is 2.15. The summed E-state index contributed by atoms with van der Waals surface area (Å²) in [7, 11) is 0. The Bertz CT molecular complexity index is 1010. The molecule has 0 amide bonds. The number of aromatic amines is 1. The van der Waals surface area contributed by atoms with Gasteiger partial charge in [0.05, 0.1) is 23.6 Å². The van der Waals surface area contributed by atoms with E-state index in [-0.39, 0.29) is 17.9 Å². The van der Waals surface area contributed by atoms with Crippen LogP contribution >= 0.6 is 0 Å². The molecule has 25 heavy (non-hydrogen) atoms. The Labute approximate surface area is 139 Å². The van der Waals surface area contributed by atoms with Gasteiger partial charge < -0.3 is 14.8 Å². The minimum atomic E-state index is -2.99. The third-order valence-corrected chi connectivity index (χ3v) is 3.71. The van der Waals surface area contributed by atoms with Crippen LogP contribution in [0.5, 0.6) is 5.75 Å². The van der Waals surface area contributed by atoms with Crippen molar-refractivity contribution in [2.75, 3.05) is 0 Å². The molecule has 0 radical (unpaired) electrons. The minimum Gasteiger partial charge on any atom is -0.435 e. The number of halogens is 2. The van der Waals surface area contributed by atoms with Crippen molar-refractivity contribution in [3.05, 3.63) is 74.9 Å². The summed E-state index contributed by atoms with van der Waals surface area (Å²) in [5, 5.41) is 10.6. The number of fused-ring (bicyclic) bond motifs is 1. The number of benzene rings is 2. The number of para-hydroxylation sites is 1. The average Bonchev–Trinajstić information content (AvgIpc) is 2.58. The van der Waals surface area contributed by atoms with Crippen molar-refractivity contribution in [1.29, 1.82) is 0 Å². The molecule has 0 bridgehead atoms. The quantitative estimate of drug-likeness (QED) is 0.739. The van der Waals surface area contributed by atoms with Crippen LogP contribution in [0.1, 0.15) is 11.7 Å². The predicted octanol–water partition coefficient (Wildman–Crippen LogP) is 2.02. The van der Waals surface area contributed by atoms with E-state index in [9.17, 15) is 23.5 Å². The molecular formula is C17H14F2N2O4. The highest BCUT2D eigenvalue weighted by Crippen LogP contribution is 2.21. The van der Waals surface area contributed by atoms with Gasteiger partial charge in [-0.2, -0.15) is 8.78 Å². The lowest BCUT2D eigenvalue weighted by Crippen LogP contribution is -2.36. The average molecular weight is 348 g/mol. The zero-order valence-corrected chi connectivity index (χ0v) is 12.9. The first-order valence-corrected chi connectivity index (χ1v) is 7.40. The molecule has 3 aromatic rings. The first kappa shape index (κ1) is 16.8. The van der Waals surface area contributed by atoms with Crippen molar-refractivity contribution in [3.63, 3.8) is 0 Å². The lowest BCUT2D eigenvalue weighted by molar-refractivity contribution is -0.0500. The predicted molar refractivity (Wildman–Crippen MR) is 86.9 cm³/mol. The Morgan fingerprint density at radius 3 is 2.64 bits per heavy atom. The van der Waals surface area contributed by atoms with E-state index in [1.54, 1.807) is 24.3 Å². The largest absolute Gasteiger partial charge is 0.435 e. The van der Waals surface area contributed by atoms with E-state index in [1.165, 1.54) is 24.3 Å². The van der Waals surface area contributed by atoms with E-state index in [0.717, 1.165) is 4.57 Å². The molecule has 1 aromatic heterocycles. The lowest BCUT2D eigenvalue weighted by atomic mass is 10.1. The molecule has 6 nitrogen and oxygen atoms in total. The number of aliphatic hydroxyl groups excluding tert-OH is 1. The lowest BCUT2D eigenvalue weighted by Gasteiger charge is -2.14. The molecule has 130 valence electrons. The van der Waals surface area contributed by atoms with E-state index in [0.29, 0.717) is 10.9 Å². The smallest absolute Gasteiger partial charge is 0.387 e. The number of alkyl halides is 2. The Morgan fingerprint density at radius 2 is 1.88 bits per heavy atom. The maximum absolute atomic E-state index is 12.4. The van der Waals surface area contributed by atoms with Gasteiger partial charge in [-0.15, -0.1) is 0 Å². The first-order chi connectivity index (χ1) is 12.0.